The van der Waals surface area contributed by atoms with Crippen molar-refractivity contribution < 1.29 is 5.11 Å². The zero-order valence-electron chi connectivity index (χ0n) is 11.7. The van der Waals surface area contributed by atoms with Crippen molar-refractivity contribution in [1.82, 2.24) is 0 Å². The van der Waals surface area contributed by atoms with Crippen molar-refractivity contribution in [2.24, 2.45) is 47.3 Å². The van der Waals surface area contributed by atoms with E-state index in [1.54, 1.807) is 0 Å². The maximum Gasteiger partial charge on any atom is 0.0607 e. The van der Waals surface area contributed by atoms with Crippen molar-refractivity contribution in [1.29, 1.82) is 0 Å². The lowest BCUT2D eigenvalue weighted by atomic mass is 9.50. The van der Waals surface area contributed by atoms with Crippen molar-refractivity contribution in [3.8, 4) is 0 Å². The van der Waals surface area contributed by atoms with Crippen LogP contribution in [0, 0.1) is 47.3 Å². The van der Waals surface area contributed by atoms with Crippen LogP contribution in [0.4, 0.5) is 0 Å². The first-order chi connectivity index (χ1) is 9.28. The van der Waals surface area contributed by atoms with Crippen LogP contribution in [-0.4, -0.2) is 11.2 Å². The molecule has 1 heteroatoms. The quantitative estimate of drug-likeness (QED) is 0.750. The fraction of sp³-hybridized carbons (Fsp3) is 0.889. The van der Waals surface area contributed by atoms with Gasteiger partial charge in [0.1, 0.15) is 0 Å². The Morgan fingerprint density at radius 2 is 1.47 bits per heavy atom. The van der Waals surface area contributed by atoms with E-state index in [1.165, 1.54) is 44.9 Å². The molecule has 0 heterocycles. The number of fused-ring (bicyclic) bond motifs is 2. The first kappa shape index (κ1) is 11.4. The molecular weight excluding hydrogens is 232 g/mol. The van der Waals surface area contributed by atoms with Gasteiger partial charge < -0.3 is 5.11 Å². The van der Waals surface area contributed by atoms with Gasteiger partial charge in [-0.3, -0.25) is 0 Å². The van der Waals surface area contributed by atoms with Crippen molar-refractivity contribution in [2.45, 2.75) is 51.0 Å². The molecule has 0 saturated heterocycles. The Bertz CT molecular complexity index is 384. The molecule has 0 radical (unpaired) electrons. The molecule has 1 nitrogen and oxygen atoms in total. The van der Waals surface area contributed by atoms with Gasteiger partial charge in [-0.15, -0.1) is 0 Å². The van der Waals surface area contributed by atoms with E-state index in [4.69, 9.17) is 0 Å². The van der Waals surface area contributed by atoms with Crippen LogP contribution in [0.2, 0.25) is 0 Å². The average molecular weight is 258 g/mol. The molecule has 0 aliphatic heterocycles. The molecule has 4 unspecified atom stereocenters. The second-order valence-electron chi connectivity index (χ2n) is 8.44. The van der Waals surface area contributed by atoms with E-state index >= 15 is 0 Å². The summed E-state index contributed by atoms with van der Waals surface area (Å²) in [6.07, 6.45) is 14.8. The summed E-state index contributed by atoms with van der Waals surface area (Å²) in [5.74, 6) is 6.64. The Hall–Kier alpha value is -0.300. The second-order valence-corrected chi connectivity index (χ2v) is 8.44. The summed E-state index contributed by atoms with van der Waals surface area (Å²) in [7, 11) is 0. The van der Waals surface area contributed by atoms with Crippen LogP contribution in [0.5, 0.6) is 0 Å². The van der Waals surface area contributed by atoms with Crippen LogP contribution in [0.15, 0.2) is 12.2 Å². The first-order valence-electron chi connectivity index (χ1n) is 8.64. The Morgan fingerprint density at radius 3 is 2.00 bits per heavy atom. The smallest absolute Gasteiger partial charge is 0.0607 e. The largest absolute Gasteiger partial charge is 0.393 e. The molecule has 0 spiro atoms. The van der Waals surface area contributed by atoms with Gasteiger partial charge >= 0.3 is 0 Å². The maximum atomic E-state index is 11.1. The topological polar surface area (TPSA) is 20.2 Å². The fourth-order valence-corrected chi connectivity index (χ4v) is 7.03. The van der Waals surface area contributed by atoms with Gasteiger partial charge in [0.25, 0.3) is 0 Å². The molecule has 0 amide bonds. The summed E-state index contributed by atoms with van der Waals surface area (Å²) in [6.45, 7) is 0. The lowest BCUT2D eigenvalue weighted by molar-refractivity contribution is -0.108. The van der Waals surface area contributed by atoms with Crippen molar-refractivity contribution in [3.05, 3.63) is 12.2 Å². The molecule has 19 heavy (non-hydrogen) atoms. The fourth-order valence-electron chi connectivity index (χ4n) is 7.03. The number of aliphatic hydroxyl groups is 1. The van der Waals surface area contributed by atoms with Crippen LogP contribution >= 0.6 is 0 Å². The van der Waals surface area contributed by atoms with E-state index in [2.05, 4.69) is 12.2 Å². The van der Waals surface area contributed by atoms with E-state index < -0.39 is 0 Å². The molecule has 104 valence electrons. The zero-order valence-corrected chi connectivity index (χ0v) is 11.7. The lowest BCUT2D eigenvalue weighted by Crippen LogP contribution is -2.51. The van der Waals surface area contributed by atoms with Gasteiger partial charge in [-0.2, -0.15) is 0 Å². The molecular formula is C18H26O. The van der Waals surface area contributed by atoms with Gasteiger partial charge in [-0.05, 0) is 92.3 Å². The van der Waals surface area contributed by atoms with Crippen LogP contribution in [0.1, 0.15) is 44.9 Å². The molecule has 6 aliphatic rings. The standard InChI is InChI=1S/C18H26O/c19-18(16-9-10-1-2-13(16)4-10)17-14-5-11-3-12(7-14)8-15(17)6-11/h1-2,10-19H,3-9H2. The molecule has 0 aromatic rings. The minimum absolute atomic E-state index is 0.0231. The minimum Gasteiger partial charge on any atom is -0.393 e. The SMILES string of the molecule is OC(C1CC2C=CC1C2)C1C2CC3CC(C2)CC1C3. The molecule has 6 bridgehead atoms. The highest BCUT2D eigenvalue weighted by molar-refractivity contribution is 5.13. The molecule has 5 fully saturated rings. The van der Waals surface area contributed by atoms with Gasteiger partial charge in [0, 0.05) is 0 Å². The normalized spacial score (nSPS) is 59.0. The predicted molar refractivity (Wildman–Crippen MR) is 75.4 cm³/mol. The summed E-state index contributed by atoms with van der Waals surface area (Å²) in [4.78, 5) is 0. The maximum absolute atomic E-state index is 11.1. The Kier molecular flexibility index (Phi) is 2.32. The number of hydrogen-bond donors (Lipinski definition) is 1. The van der Waals surface area contributed by atoms with Gasteiger partial charge in [0.05, 0.1) is 6.10 Å². The third-order valence-corrected chi connectivity index (χ3v) is 7.46. The number of hydrogen-bond acceptors (Lipinski definition) is 1. The molecule has 0 aromatic heterocycles. The summed E-state index contributed by atoms with van der Waals surface area (Å²) in [5.41, 5.74) is 0. The number of allylic oxidation sites excluding steroid dienone is 2. The molecule has 5 saturated carbocycles. The van der Waals surface area contributed by atoms with Gasteiger partial charge in [0.15, 0.2) is 0 Å². The molecule has 6 aliphatic carbocycles. The van der Waals surface area contributed by atoms with Crippen LogP contribution < -0.4 is 0 Å². The Balaban J connectivity index is 1.39. The van der Waals surface area contributed by atoms with Crippen molar-refractivity contribution in [3.63, 3.8) is 0 Å². The zero-order chi connectivity index (χ0) is 12.6. The third kappa shape index (κ3) is 1.57. The molecule has 4 atom stereocenters. The molecule has 6 rings (SSSR count). The van der Waals surface area contributed by atoms with E-state index in [-0.39, 0.29) is 6.10 Å². The van der Waals surface area contributed by atoms with Gasteiger partial charge in [-0.1, -0.05) is 12.2 Å². The Morgan fingerprint density at radius 1 is 0.789 bits per heavy atom. The Labute approximate surface area is 116 Å². The molecule has 0 aromatic carbocycles. The van der Waals surface area contributed by atoms with Crippen molar-refractivity contribution >= 4 is 0 Å². The highest BCUT2D eigenvalue weighted by atomic mass is 16.3. The summed E-state index contributed by atoms with van der Waals surface area (Å²) in [5, 5.41) is 11.1. The number of aliphatic hydroxyl groups excluding tert-OH is 1. The highest BCUT2D eigenvalue weighted by Gasteiger charge is 2.53. The summed E-state index contributed by atoms with van der Waals surface area (Å²) in [6, 6.07) is 0. The molecule has 1 N–H and O–H groups in total. The second kappa shape index (κ2) is 3.87. The lowest BCUT2D eigenvalue weighted by Gasteiger charge is -2.56. The van der Waals surface area contributed by atoms with Crippen LogP contribution in [0.3, 0.4) is 0 Å². The van der Waals surface area contributed by atoms with Gasteiger partial charge in [0.2, 0.25) is 0 Å². The first-order valence-corrected chi connectivity index (χ1v) is 8.64. The highest BCUT2D eigenvalue weighted by Crippen LogP contribution is 2.59. The van der Waals surface area contributed by atoms with Crippen molar-refractivity contribution in [2.75, 3.05) is 0 Å². The third-order valence-electron chi connectivity index (χ3n) is 7.46. The van der Waals surface area contributed by atoms with Gasteiger partial charge in [-0.25, -0.2) is 0 Å². The van der Waals surface area contributed by atoms with Crippen LogP contribution in [-0.2, 0) is 0 Å². The summed E-state index contributed by atoms with van der Waals surface area (Å²) < 4.78 is 0. The minimum atomic E-state index is 0.0231. The van der Waals surface area contributed by atoms with E-state index in [9.17, 15) is 5.11 Å². The van der Waals surface area contributed by atoms with E-state index in [0.29, 0.717) is 11.8 Å². The average Bonchev–Trinajstić information content (AvgIpc) is 2.99. The van der Waals surface area contributed by atoms with Crippen LogP contribution in [0.25, 0.3) is 0 Å². The predicted octanol–water partition coefficient (Wildman–Crippen LogP) is 3.63. The summed E-state index contributed by atoms with van der Waals surface area (Å²) >= 11 is 0. The van der Waals surface area contributed by atoms with E-state index in [0.717, 1.165) is 35.5 Å². The monoisotopic (exact) mass is 258 g/mol. The number of rotatable bonds is 2. The van der Waals surface area contributed by atoms with E-state index in [1.807, 2.05) is 0 Å².